The number of carbonyl (C=O) groups is 1. The van der Waals surface area contributed by atoms with Gasteiger partial charge < -0.3 is 4.74 Å². The van der Waals surface area contributed by atoms with Gasteiger partial charge in [0.15, 0.2) is 0 Å². The molecule has 16 heavy (non-hydrogen) atoms. The van der Waals surface area contributed by atoms with Crippen LogP contribution in [-0.4, -0.2) is 18.5 Å². The number of hydrogen-bond acceptors (Lipinski definition) is 2. The van der Waals surface area contributed by atoms with Crippen LogP contribution in [0.1, 0.15) is 27.2 Å². The second-order valence-corrected chi connectivity index (χ2v) is 5.15. The minimum Gasteiger partial charge on any atom is -0.466 e. The van der Waals surface area contributed by atoms with Crippen LogP contribution in [0.4, 0.5) is 8.78 Å². The van der Waals surface area contributed by atoms with Gasteiger partial charge in [-0.05, 0) is 18.3 Å². The maximum atomic E-state index is 12.7. The summed E-state index contributed by atoms with van der Waals surface area (Å²) < 4.78 is 30.4. The minimum atomic E-state index is -2.61. The number of halogens is 2. The molecule has 0 aromatic carbocycles. The Hall–Kier alpha value is -0.930. The summed E-state index contributed by atoms with van der Waals surface area (Å²) >= 11 is 0. The summed E-state index contributed by atoms with van der Waals surface area (Å²) in [5.41, 5.74) is -0.0600. The van der Waals surface area contributed by atoms with Crippen LogP contribution in [0, 0.1) is 17.3 Å². The van der Waals surface area contributed by atoms with Crippen molar-refractivity contribution in [3.05, 3.63) is 11.6 Å². The average molecular weight is 230 g/mol. The molecule has 2 aliphatic carbocycles. The summed E-state index contributed by atoms with van der Waals surface area (Å²) in [6.07, 6.45) is 1.43. The number of carbonyl (C=O) groups excluding carboxylic acids is 1. The Morgan fingerprint density at radius 3 is 2.56 bits per heavy atom. The van der Waals surface area contributed by atoms with Gasteiger partial charge in [0.1, 0.15) is 0 Å². The van der Waals surface area contributed by atoms with Crippen LogP contribution in [0.5, 0.6) is 0 Å². The highest BCUT2D eigenvalue weighted by molar-refractivity contribution is 5.78. The molecule has 2 saturated carbocycles. The van der Waals surface area contributed by atoms with Gasteiger partial charge >= 0.3 is 5.97 Å². The average Bonchev–Trinajstić information content (AvgIpc) is 2.89. The van der Waals surface area contributed by atoms with E-state index in [1.165, 1.54) is 0 Å². The van der Waals surface area contributed by atoms with Crippen LogP contribution >= 0.6 is 0 Å². The van der Waals surface area contributed by atoms with Crippen LogP contribution < -0.4 is 0 Å². The fourth-order valence-electron chi connectivity index (χ4n) is 2.26. The summed E-state index contributed by atoms with van der Waals surface area (Å²) in [7, 11) is 0. The van der Waals surface area contributed by atoms with Crippen LogP contribution in [0.25, 0.3) is 0 Å². The molecular formula is C12H16F2O2. The zero-order valence-corrected chi connectivity index (χ0v) is 9.72. The van der Waals surface area contributed by atoms with Crippen molar-refractivity contribution in [2.24, 2.45) is 17.3 Å². The largest absolute Gasteiger partial charge is 0.466 e. The molecular weight excluding hydrogens is 214 g/mol. The van der Waals surface area contributed by atoms with E-state index in [0.717, 1.165) is 0 Å². The van der Waals surface area contributed by atoms with Gasteiger partial charge in [-0.3, -0.25) is 4.79 Å². The topological polar surface area (TPSA) is 26.3 Å². The van der Waals surface area contributed by atoms with Gasteiger partial charge in [-0.15, -0.1) is 0 Å². The van der Waals surface area contributed by atoms with Crippen LogP contribution in [0.3, 0.4) is 0 Å². The maximum absolute atomic E-state index is 12.7. The van der Waals surface area contributed by atoms with Crippen LogP contribution in [-0.2, 0) is 9.53 Å². The molecule has 90 valence electrons. The second-order valence-electron chi connectivity index (χ2n) is 5.15. The van der Waals surface area contributed by atoms with Gasteiger partial charge in [-0.2, -0.15) is 0 Å². The zero-order chi connectivity index (χ0) is 12.1. The van der Waals surface area contributed by atoms with Crippen molar-refractivity contribution in [3.8, 4) is 0 Å². The maximum Gasteiger partial charge on any atom is 0.310 e. The van der Waals surface area contributed by atoms with Crippen molar-refractivity contribution >= 4 is 5.97 Å². The monoisotopic (exact) mass is 230 g/mol. The highest BCUT2D eigenvalue weighted by Crippen LogP contribution is 2.62. The zero-order valence-electron chi connectivity index (χ0n) is 9.72. The molecule has 2 nitrogen and oxygen atoms in total. The lowest BCUT2D eigenvalue weighted by Crippen LogP contribution is -2.10. The van der Waals surface area contributed by atoms with Gasteiger partial charge in [0.2, 0.25) is 0 Å². The van der Waals surface area contributed by atoms with E-state index in [1.807, 2.05) is 13.8 Å². The quantitative estimate of drug-likeness (QED) is 0.550. The van der Waals surface area contributed by atoms with Gasteiger partial charge in [0, 0.05) is 12.0 Å². The number of allylic oxidation sites excluding steroid dienone is 2. The Morgan fingerprint density at radius 1 is 1.56 bits per heavy atom. The molecule has 0 aliphatic heterocycles. The molecule has 4 heteroatoms. The van der Waals surface area contributed by atoms with Crippen molar-refractivity contribution in [1.82, 2.24) is 0 Å². The number of hydrogen-bond donors (Lipinski definition) is 0. The van der Waals surface area contributed by atoms with Gasteiger partial charge in [0.05, 0.1) is 12.5 Å². The molecule has 0 bridgehead atoms. The number of ether oxygens (including phenoxy) is 1. The normalized spacial score (nSPS) is 35.9. The smallest absolute Gasteiger partial charge is 0.310 e. The molecule has 0 N–H and O–H groups in total. The molecule has 2 aliphatic rings. The lowest BCUT2D eigenvalue weighted by molar-refractivity contribution is -0.145. The van der Waals surface area contributed by atoms with Crippen LogP contribution in [0.15, 0.2) is 11.6 Å². The van der Waals surface area contributed by atoms with E-state index >= 15 is 0 Å². The molecule has 2 fully saturated rings. The van der Waals surface area contributed by atoms with E-state index in [9.17, 15) is 13.6 Å². The first-order chi connectivity index (χ1) is 7.30. The molecule has 0 aromatic rings. The summed E-state index contributed by atoms with van der Waals surface area (Å²) in [6, 6.07) is 0. The molecule has 0 amide bonds. The van der Waals surface area contributed by atoms with Crippen molar-refractivity contribution in [2.45, 2.75) is 33.1 Å². The predicted molar refractivity (Wildman–Crippen MR) is 55.0 cm³/mol. The Balaban J connectivity index is 2.03. The molecule has 0 heterocycles. The standard InChI is InChI=1S/C12H16F2O2/c1-4-16-10(15)9-8(11(9,2)3)5-7-6-12(7,13)14/h5,8-9H,4,6H2,1-3H3. The third kappa shape index (κ3) is 1.74. The molecule has 0 aromatic heterocycles. The first-order valence-corrected chi connectivity index (χ1v) is 5.56. The lowest BCUT2D eigenvalue weighted by Gasteiger charge is -2.01. The first kappa shape index (κ1) is 11.6. The van der Waals surface area contributed by atoms with Crippen molar-refractivity contribution in [1.29, 1.82) is 0 Å². The van der Waals surface area contributed by atoms with E-state index in [4.69, 9.17) is 4.74 Å². The molecule has 2 atom stereocenters. The SMILES string of the molecule is CCOC(=O)C1C(C=C2CC2(F)F)C1(C)C. The molecule has 0 radical (unpaired) electrons. The van der Waals surface area contributed by atoms with Crippen molar-refractivity contribution in [3.63, 3.8) is 0 Å². The summed E-state index contributed by atoms with van der Waals surface area (Å²) in [5.74, 6) is -3.22. The van der Waals surface area contributed by atoms with Crippen molar-refractivity contribution in [2.75, 3.05) is 6.61 Å². The number of alkyl halides is 2. The van der Waals surface area contributed by atoms with E-state index < -0.39 is 5.92 Å². The highest BCUT2D eigenvalue weighted by Gasteiger charge is 2.63. The first-order valence-electron chi connectivity index (χ1n) is 5.56. The van der Waals surface area contributed by atoms with Crippen molar-refractivity contribution < 1.29 is 18.3 Å². The summed E-state index contributed by atoms with van der Waals surface area (Å²) in [4.78, 5) is 11.6. The minimum absolute atomic E-state index is 0.0880. The van der Waals surface area contributed by atoms with E-state index in [0.29, 0.717) is 6.61 Å². The summed E-state index contributed by atoms with van der Waals surface area (Å²) in [6.45, 7) is 5.91. The molecule has 0 saturated heterocycles. The van der Waals surface area contributed by atoms with Crippen LogP contribution in [0.2, 0.25) is 0 Å². The molecule has 2 unspecified atom stereocenters. The van der Waals surface area contributed by atoms with Gasteiger partial charge in [-0.1, -0.05) is 19.9 Å². The lowest BCUT2D eigenvalue weighted by atomic mass is 10.1. The fourth-order valence-corrected chi connectivity index (χ4v) is 2.26. The third-order valence-electron chi connectivity index (χ3n) is 3.59. The number of rotatable bonds is 3. The summed E-state index contributed by atoms with van der Waals surface area (Å²) in [5, 5.41) is 0. The van der Waals surface area contributed by atoms with Gasteiger partial charge in [-0.25, -0.2) is 8.78 Å². The highest BCUT2D eigenvalue weighted by atomic mass is 19.3. The molecule has 0 spiro atoms. The van der Waals surface area contributed by atoms with Gasteiger partial charge in [0.25, 0.3) is 5.92 Å². The van der Waals surface area contributed by atoms with E-state index in [2.05, 4.69) is 0 Å². The Labute approximate surface area is 93.7 Å². The molecule has 2 rings (SSSR count). The predicted octanol–water partition coefficient (Wildman–Crippen LogP) is 2.79. The Kier molecular flexibility index (Phi) is 2.37. The second kappa shape index (κ2) is 3.28. The fraction of sp³-hybridized carbons (Fsp3) is 0.750. The Bertz CT molecular complexity index is 358. The van der Waals surface area contributed by atoms with E-state index in [1.54, 1.807) is 13.0 Å². The van der Waals surface area contributed by atoms with E-state index in [-0.39, 0.29) is 35.2 Å². The number of esters is 1. The Morgan fingerprint density at radius 2 is 2.12 bits per heavy atom. The third-order valence-corrected chi connectivity index (χ3v) is 3.59.